The number of rotatable bonds is 5. The van der Waals surface area contributed by atoms with E-state index in [1.165, 1.54) is 23.7 Å². The standard InChI is InChI=1S/C27H26F6N10O2/c1-11(44)20-21(13-6-14-3-4-15(7-13)42(14)24(45)17-8-19(34)41-40-17)39-23-16(10-38-43(23)22(20)35)12-2-5-18(37-9-12)25(36,26(28,29)30)27(31,32)33/h2,5,8-10,13-15H,3-4,6-7,35-36H2,1H3,(H3,34,40,41)/t13-,14-,15+. The van der Waals surface area contributed by atoms with Crippen LogP contribution in [0.1, 0.15) is 70.8 Å². The number of hydrogen-bond donors (Lipinski definition) is 4. The van der Waals surface area contributed by atoms with E-state index in [1.807, 2.05) is 0 Å². The average Bonchev–Trinajstić information content (AvgIpc) is 3.66. The lowest BCUT2D eigenvalue weighted by molar-refractivity contribution is -0.303. The Kier molecular flexibility index (Phi) is 6.83. The van der Waals surface area contributed by atoms with E-state index >= 15 is 0 Å². The number of aromatic amines is 1. The maximum atomic E-state index is 13.5. The second kappa shape index (κ2) is 10.1. The lowest BCUT2D eigenvalue weighted by Crippen LogP contribution is -2.61. The van der Waals surface area contributed by atoms with Gasteiger partial charge in [0.05, 0.1) is 23.1 Å². The fraction of sp³-hybridized carbons (Fsp3) is 0.407. The second-order valence-electron chi connectivity index (χ2n) is 11.3. The Balaban J connectivity index is 1.38. The van der Waals surface area contributed by atoms with E-state index in [-0.39, 0.29) is 69.4 Å². The zero-order valence-electron chi connectivity index (χ0n) is 23.4. The summed E-state index contributed by atoms with van der Waals surface area (Å²) in [6.45, 7) is 1.33. The molecule has 4 aromatic rings. The molecule has 4 aromatic heterocycles. The van der Waals surface area contributed by atoms with Gasteiger partial charge >= 0.3 is 12.4 Å². The van der Waals surface area contributed by atoms with E-state index in [0.717, 1.165) is 25.1 Å². The molecule has 2 aliphatic heterocycles. The molecular weight excluding hydrogens is 610 g/mol. The molecule has 0 saturated carbocycles. The summed E-state index contributed by atoms with van der Waals surface area (Å²) < 4.78 is 82.0. The Morgan fingerprint density at radius 2 is 1.64 bits per heavy atom. The minimum Gasteiger partial charge on any atom is -0.383 e. The predicted octanol–water partition coefficient (Wildman–Crippen LogP) is 3.71. The van der Waals surface area contributed by atoms with Crippen molar-refractivity contribution in [3.63, 3.8) is 0 Å². The van der Waals surface area contributed by atoms with Gasteiger partial charge in [0.25, 0.3) is 11.4 Å². The first-order chi connectivity index (χ1) is 21.0. The molecule has 2 fully saturated rings. The van der Waals surface area contributed by atoms with Gasteiger partial charge in [-0.15, -0.1) is 0 Å². The third kappa shape index (κ3) is 4.65. The van der Waals surface area contributed by atoms with Crippen LogP contribution in [0.3, 0.4) is 0 Å². The summed E-state index contributed by atoms with van der Waals surface area (Å²) in [5.41, 5.74) is 12.0. The number of carbonyl (C=O) groups is 2. The Morgan fingerprint density at radius 1 is 1.00 bits per heavy atom. The number of alkyl halides is 6. The first-order valence-electron chi connectivity index (χ1n) is 13.7. The van der Waals surface area contributed by atoms with Crippen molar-refractivity contribution >= 4 is 29.0 Å². The van der Waals surface area contributed by atoms with Gasteiger partial charge < -0.3 is 22.1 Å². The molecule has 3 atom stereocenters. The Hall–Kier alpha value is -4.74. The highest BCUT2D eigenvalue weighted by atomic mass is 19.4. The number of pyridine rings is 1. The number of nitrogens with two attached hydrogens (primary N) is 3. The Morgan fingerprint density at radius 3 is 2.16 bits per heavy atom. The molecule has 18 heteroatoms. The first kappa shape index (κ1) is 30.3. The summed E-state index contributed by atoms with van der Waals surface area (Å²) >= 11 is 0. The SMILES string of the molecule is CC(=O)c1c([C@@H]2C[C@H]3CC[C@@H](C2)N3C(=O)c2cc(N)n[nH]2)nc2c(-c3ccc(C(N)(C(F)(F)F)C(F)(F)F)nc3)cnn2c1N. The quantitative estimate of drug-likeness (QED) is 0.187. The van der Waals surface area contributed by atoms with Crippen molar-refractivity contribution < 1.29 is 35.9 Å². The van der Waals surface area contributed by atoms with Crippen molar-refractivity contribution in [3.05, 3.63) is 53.2 Å². The molecule has 0 unspecified atom stereocenters. The summed E-state index contributed by atoms with van der Waals surface area (Å²) in [4.78, 5) is 36.0. The number of nitrogens with zero attached hydrogens (tertiary/aromatic N) is 6. The molecule has 0 radical (unpaired) electrons. The number of aromatic nitrogens is 6. The Bertz CT molecular complexity index is 1790. The molecule has 1 amide bonds. The molecule has 2 aliphatic rings. The number of nitrogen functional groups attached to an aromatic ring is 2. The van der Waals surface area contributed by atoms with Crippen molar-refractivity contribution in [2.75, 3.05) is 11.5 Å². The molecule has 12 nitrogen and oxygen atoms in total. The van der Waals surface area contributed by atoms with E-state index < -0.39 is 23.6 Å². The third-order valence-corrected chi connectivity index (χ3v) is 8.62. The summed E-state index contributed by atoms with van der Waals surface area (Å²) in [6.07, 6.45) is -7.30. The molecule has 7 N–H and O–H groups in total. The Labute approximate surface area is 250 Å². The van der Waals surface area contributed by atoms with Gasteiger partial charge in [-0.2, -0.15) is 41.1 Å². The number of ketones is 1. The van der Waals surface area contributed by atoms with Gasteiger partial charge in [-0.25, -0.2) is 4.98 Å². The number of halogens is 6. The van der Waals surface area contributed by atoms with Gasteiger partial charge in [0.2, 0.25) is 0 Å². The summed E-state index contributed by atoms with van der Waals surface area (Å²) in [5, 5.41) is 10.6. The number of piperidine rings is 1. The monoisotopic (exact) mass is 636 g/mol. The van der Waals surface area contributed by atoms with Crippen molar-refractivity contribution in [1.82, 2.24) is 34.7 Å². The molecule has 238 valence electrons. The van der Waals surface area contributed by atoms with Gasteiger partial charge in [0, 0.05) is 41.4 Å². The molecule has 2 bridgehead atoms. The molecule has 2 saturated heterocycles. The molecule has 0 aromatic carbocycles. The van der Waals surface area contributed by atoms with E-state index in [0.29, 0.717) is 24.6 Å². The van der Waals surface area contributed by atoms with Crippen LogP contribution in [0.5, 0.6) is 0 Å². The van der Waals surface area contributed by atoms with Crippen LogP contribution in [0.4, 0.5) is 38.0 Å². The van der Waals surface area contributed by atoms with Gasteiger partial charge in [-0.3, -0.25) is 19.7 Å². The number of fused-ring (bicyclic) bond motifs is 3. The first-order valence-corrected chi connectivity index (χ1v) is 13.7. The van der Waals surface area contributed by atoms with Crippen LogP contribution in [0.15, 0.2) is 30.6 Å². The number of H-pyrrole nitrogens is 1. The zero-order chi connectivity index (χ0) is 32.6. The van der Waals surface area contributed by atoms with Gasteiger partial charge in [-0.05, 0) is 38.7 Å². The molecule has 0 aliphatic carbocycles. The highest BCUT2D eigenvalue weighted by Gasteiger charge is 2.70. The average molecular weight is 637 g/mol. The summed E-state index contributed by atoms with van der Waals surface area (Å²) in [7, 11) is 0. The third-order valence-electron chi connectivity index (χ3n) is 8.62. The topological polar surface area (TPSA) is 187 Å². The number of amides is 1. The number of carbonyl (C=O) groups excluding carboxylic acids is 2. The van der Waals surface area contributed by atoms with Crippen LogP contribution in [0.2, 0.25) is 0 Å². The fourth-order valence-corrected chi connectivity index (χ4v) is 6.45. The maximum absolute atomic E-state index is 13.5. The van der Waals surface area contributed by atoms with Gasteiger partial charge in [0.15, 0.2) is 11.4 Å². The smallest absolute Gasteiger partial charge is 0.383 e. The largest absolute Gasteiger partial charge is 0.421 e. The lowest BCUT2D eigenvalue weighted by Gasteiger charge is -2.39. The van der Waals surface area contributed by atoms with Crippen molar-refractivity contribution in [2.45, 2.75) is 68.5 Å². The molecular formula is C27H26F6N10O2. The van der Waals surface area contributed by atoms with Crippen molar-refractivity contribution in [3.8, 4) is 11.1 Å². The van der Waals surface area contributed by atoms with Gasteiger partial charge in [-0.1, -0.05) is 6.07 Å². The fourth-order valence-electron chi connectivity index (χ4n) is 6.45. The number of hydrogen-bond acceptors (Lipinski definition) is 9. The van der Waals surface area contributed by atoms with E-state index in [1.54, 1.807) is 4.90 Å². The predicted molar refractivity (Wildman–Crippen MR) is 147 cm³/mol. The molecule has 45 heavy (non-hydrogen) atoms. The highest BCUT2D eigenvalue weighted by Crippen LogP contribution is 2.48. The molecule has 6 rings (SSSR count). The minimum absolute atomic E-state index is 0.0350. The van der Waals surface area contributed by atoms with E-state index in [4.69, 9.17) is 22.2 Å². The second-order valence-corrected chi connectivity index (χ2v) is 11.3. The van der Waals surface area contributed by atoms with Gasteiger partial charge in [0.1, 0.15) is 17.3 Å². The maximum Gasteiger partial charge on any atom is 0.421 e. The highest BCUT2D eigenvalue weighted by molar-refractivity contribution is 6.00. The van der Waals surface area contributed by atoms with E-state index in [2.05, 4.69) is 20.3 Å². The van der Waals surface area contributed by atoms with Crippen molar-refractivity contribution in [2.24, 2.45) is 5.73 Å². The van der Waals surface area contributed by atoms with Crippen LogP contribution in [0, 0.1) is 0 Å². The lowest BCUT2D eigenvalue weighted by atomic mass is 9.85. The number of Topliss-reactive ketones (excluding diaryl/α,β-unsaturated/α-hetero) is 1. The van der Waals surface area contributed by atoms with Crippen LogP contribution in [-0.4, -0.2) is 70.8 Å². The van der Waals surface area contributed by atoms with Crippen LogP contribution in [0.25, 0.3) is 16.8 Å². The van der Waals surface area contributed by atoms with Crippen molar-refractivity contribution in [1.29, 1.82) is 0 Å². The van der Waals surface area contributed by atoms with Crippen LogP contribution < -0.4 is 17.2 Å². The van der Waals surface area contributed by atoms with Crippen LogP contribution in [-0.2, 0) is 5.54 Å². The molecule has 6 heterocycles. The number of anilines is 2. The van der Waals surface area contributed by atoms with Crippen LogP contribution >= 0.6 is 0 Å². The normalized spacial score (nSPS) is 20.6. The number of nitrogens with one attached hydrogen (secondary N) is 1. The zero-order valence-corrected chi connectivity index (χ0v) is 23.4. The van der Waals surface area contributed by atoms with E-state index in [9.17, 15) is 35.9 Å². The summed E-state index contributed by atoms with van der Waals surface area (Å²) in [5.74, 6) is -0.774. The molecule has 0 spiro atoms. The minimum atomic E-state index is -5.87. The summed E-state index contributed by atoms with van der Waals surface area (Å²) in [6, 6.07) is 2.65.